The first-order valence-corrected chi connectivity index (χ1v) is 5.06. The maximum atomic E-state index is 12.8. The molecule has 0 fully saturated rings. The Bertz CT molecular complexity index is 492. The van der Waals surface area contributed by atoms with Gasteiger partial charge in [0.1, 0.15) is 0 Å². The van der Waals surface area contributed by atoms with Crippen molar-refractivity contribution in [3.8, 4) is 0 Å². The SMILES string of the molecule is Cl.Cl.FC(F)C(F)(F)C(F)(F)C(F)(F)C(F)(F)C(F)(F)C(F)(F)C(F)(F)F. The predicted molar refractivity (Wildman–Crippen MR) is 56.2 cm³/mol. The van der Waals surface area contributed by atoms with Crippen LogP contribution in [0.25, 0.3) is 0 Å². The Balaban J connectivity index is -0.00000288. The molecule has 168 valence electrons. The van der Waals surface area contributed by atoms with Gasteiger partial charge < -0.3 is 0 Å². The van der Waals surface area contributed by atoms with Gasteiger partial charge in [-0.05, 0) is 0 Å². The fourth-order valence-electron chi connectivity index (χ4n) is 1.12. The zero-order valence-corrected chi connectivity index (χ0v) is 13.0. The zero-order valence-electron chi connectivity index (χ0n) is 11.3. The maximum absolute atomic E-state index is 12.8. The second-order valence-electron chi connectivity index (χ2n) is 4.29. The summed E-state index contributed by atoms with van der Waals surface area (Å²) < 4.78 is 209. The van der Waals surface area contributed by atoms with Crippen LogP contribution in [0.2, 0.25) is 0 Å². The molecule has 0 atom stereocenters. The zero-order chi connectivity index (χ0) is 21.1. The quantitative estimate of drug-likeness (QED) is 0.373. The first-order chi connectivity index (χ1) is 10.4. The van der Waals surface area contributed by atoms with E-state index in [0.717, 1.165) is 0 Å². The monoisotopic (exact) mass is 492 g/mol. The van der Waals surface area contributed by atoms with Crippen LogP contribution in [0.15, 0.2) is 0 Å². The lowest BCUT2D eigenvalue weighted by atomic mass is 9.91. The van der Waals surface area contributed by atoms with E-state index in [1.165, 1.54) is 0 Å². The maximum Gasteiger partial charge on any atom is 0.460 e. The average molecular weight is 493 g/mol. The minimum absolute atomic E-state index is 0. The van der Waals surface area contributed by atoms with Crippen molar-refractivity contribution in [3.05, 3.63) is 0 Å². The number of halogens is 19. The molecule has 0 amide bonds. The molecule has 0 radical (unpaired) electrons. The molecule has 0 N–H and O–H groups in total. The number of rotatable bonds is 6. The molecule has 0 aromatic rings. The van der Waals surface area contributed by atoms with Crippen molar-refractivity contribution in [2.75, 3.05) is 0 Å². The topological polar surface area (TPSA) is 0 Å². The summed E-state index contributed by atoms with van der Waals surface area (Å²) >= 11 is 0. The Morgan fingerprint density at radius 3 is 0.815 bits per heavy atom. The molecule has 19 heteroatoms. The molecule has 0 aliphatic rings. The van der Waals surface area contributed by atoms with Gasteiger partial charge in [0.15, 0.2) is 0 Å². The van der Waals surface area contributed by atoms with Gasteiger partial charge in [0, 0.05) is 0 Å². The smallest absolute Gasteiger partial charge is 0.203 e. The Hall–Kier alpha value is -0.610. The first kappa shape index (κ1) is 31.1. The highest BCUT2D eigenvalue weighted by Crippen LogP contribution is 2.62. The molecule has 27 heavy (non-hydrogen) atoms. The van der Waals surface area contributed by atoms with Crippen LogP contribution in [0.5, 0.6) is 0 Å². The van der Waals surface area contributed by atoms with Crippen LogP contribution in [0, 0.1) is 0 Å². The Morgan fingerprint density at radius 2 is 0.593 bits per heavy atom. The van der Waals surface area contributed by atoms with E-state index in [0.29, 0.717) is 0 Å². The van der Waals surface area contributed by atoms with Gasteiger partial charge in [-0.1, -0.05) is 0 Å². The van der Waals surface area contributed by atoms with E-state index >= 15 is 0 Å². The van der Waals surface area contributed by atoms with Crippen molar-refractivity contribution in [1.82, 2.24) is 0 Å². The highest BCUT2D eigenvalue weighted by atomic mass is 35.5. The van der Waals surface area contributed by atoms with Crippen molar-refractivity contribution in [2.45, 2.75) is 48.1 Å². The third-order valence-electron chi connectivity index (χ3n) is 2.63. The highest BCUT2D eigenvalue weighted by Gasteiger charge is 2.94. The molecule has 0 aliphatic carbocycles. The van der Waals surface area contributed by atoms with Crippen molar-refractivity contribution < 1.29 is 74.6 Å². The molecular formula is C8H3Cl2F17. The minimum atomic E-state index is -8.54. The lowest BCUT2D eigenvalue weighted by Gasteiger charge is -2.41. The van der Waals surface area contributed by atoms with E-state index in [4.69, 9.17) is 0 Å². The van der Waals surface area contributed by atoms with E-state index in [1.54, 1.807) is 0 Å². The van der Waals surface area contributed by atoms with Crippen LogP contribution in [0.1, 0.15) is 0 Å². The normalized spacial score (nSPS) is 15.3. The predicted octanol–water partition coefficient (Wildman–Crippen LogP) is 6.47. The minimum Gasteiger partial charge on any atom is -0.203 e. The molecule has 0 aromatic carbocycles. The molecule has 0 saturated carbocycles. The van der Waals surface area contributed by atoms with Gasteiger partial charge in [-0.2, -0.15) is 65.9 Å². The summed E-state index contributed by atoms with van der Waals surface area (Å²) in [5.74, 6) is -49.2. The molecule has 0 bridgehead atoms. The number of hydrogen-bond donors (Lipinski definition) is 0. The summed E-state index contributed by atoms with van der Waals surface area (Å²) in [6.07, 6.45) is -13.6. The Kier molecular flexibility index (Phi) is 8.83. The Labute approximate surface area is 148 Å². The van der Waals surface area contributed by atoms with Gasteiger partial charge in [-0.25, -0.2) is 8.78 Å². The lowest BCUT2D eigenvalue weighted by molar-refractivity contribution is -0.456. The summed E-state index contributed by atoms with van der Waals surface area (Å²) in [5, 5.41) is 0. The fourth-order valence-corrected chi connectivity index (χ4v) is 1.12. The van der Waals surface area contributed by atoms with Crippen LogP contribution in [0.4, 0.5) is 74.6 Å². The molecule has 0 heterocycles. The summed E-state index contributed by atoms with van der Waals surface area (Å²) in [4.78, 5) is 0. The van der Waals surface area contributed by atoms with Gasteiger partial charge >= 0.3 is 48.1 Å². The van der Waals surface area contributed by atoms with Gasteiger partial charge in [-0.15, -0.1) is 24.8 Å². The molecule has 0 aromatic heterocycles. The summed E-state index contributed by atoms with van der Waals surface area (Å²) in [6.45, 7) is 0. The van der Waals surface area contributed by atoms with Crippen molar-refractivity contribution >= 4 is 24.8 Å². The molecule has 0 spiro atoms. The van der Waals surface area contributed by atoms with E-state index in [1.807, 2.05) is 0 Å². The molecule has 0 saturated heterocycles. The van der Waals surface area contributed by atoms with E-state index < -0.39 is 48.1 Å². The lowest BCUT2D eigenvalue weighted by Crippen LogP contribution is -2.73. The fraction of sp³-hybridized carbons (Fsp3) is 1.00. The first-order valence-electron chi connectivity index (χ1n) is 5.06. The summed E-state index contributed by atoms with van der Waals surface area (Å²) in [7, 11) is 0. The van der Waals surface area contributed by atoms with Gasteiger partial charge in [-0.3, -0.25) is 0 Å². The Morgan fingerprint density at radius 1 is 0.370 bits per heavy atom. The van der Waals surface area contributed by atoms with Crippen LogP contribution in [-0.4, -0.2) is 48.1 Å². The molecule has 0 rings (SSSR count). The third kappa shape index (κ3) is 3.94. The van der Waals surface area contributed by atoms with E-state index in [9.17, 15) is 74.6 Å². The van der Waals surface area contributed by atoms with Gasteiger partial charge in [0.2, 0.25) is 0 Å². The average Bonchev–Trinajstić information content (AvgIpc) is 2.35. The van der Waals surface area contributed by atoms with Crippen molar-refractivity contribution in [1.29, 1.82) is 0 Å². The van der Waals surface area contributed by atoms with E-state index in [2.05, 4.69) is 0 Å². The second-order valence-corrected chi connectivity index (χ2v) is 4.29. The second kappa shape index (κ2) is 7.67. The van der Waals surface area contributed by atoms with Gasteiger partial charge in [0.25, 0.3) is 0 Å². The highest BCUT2D eigenvalue weighted by molar-refractivity contribution is 5.85. The van der Waals surface area contributed by atoms with Crippen LogP contribution in [0.3, 0.4) is 0 Å². The largest absolute Gasteiger partial charge is 0.460 e. The van der Waals surface area contributed by atoms with Crippen LogP contribution < -0.4 is 0 Å². The number of alkyl halides is 17. The molecular weight excluding hydrogens is 490 g/mol. The molecule has 0 aliphatic heterocycles. The summed E-state index contributed by atoms with van der Waals surface area (Å²) in [5.41, 5.74) is 0. The van der Waals surface area contributed by atoms with Crippen molar-refractivity contribution in [2.24, 2.45) is 0 Å². The summed E-state index contributed by atoms with van der Waals surface area (Å²) in [6, 6.07) is 0. The van der Waals surface area contributed by atoms with Crippen molar-refractivity contribution in [3.63, 3.8) is 0 Å². The third-order valence-corrected chi connectivity index (χ3v) is 2.63. The van der Waals surface area contributed by atoms with Gasteiger partial charge in [0.05, 0.1) is 0 Å². The number of hydrogen-bond acceptors (Lipinski definition) is 0. The molecule has 0 unspecified atom stereocenters. The van der Waals surface area contributed by atoms with Crippen LogP contribution in [-0.2, 0) is 0 Å². The van der Waals surface area contributed by atoms with E-state index in [-0.39, 0.29) is 24.8 Å². The standard InChI is InChI=1S/C8HF17.2ClH/c9-1(10)2(11,12)3(13,14)4(15,16)5(17,18)6(19,20)7(21,22)8(23,24)25;;/h1H;2*1H. The molecule has 0 nitrogen and oxygen atoms in total. The van der Waals surface area contributed by atoms with Crippen LogP contribution >= 0.6 is 24.8 Å².